The molecule has 1 amide bonds. The molecule has 1 aromatic heterocycles. The van der Waals surface area contributed by atoms with Crippen molar-refractivity contribution in [1.29, 1.82) is 0 Å². The predicted molar refractivity (Wildman–Crippen MR) is 84.9 cm³/mol. The lowest BCUT2D eigenvalue weighted by Gasteiger charge is -2.12. The standard InChI is InChI=1S/C13H22BrN5O/c1-4-5-15-12-11(14)13(19-8-18-12)17-7-10(20)16-6-9(2)3/h8-9H,4-7H2,1-3H3,(H,16,20)(H2,15,17,18,19). The van der Waals surface area contributed by atoms with Gasteiger partial charge in [-0.2, -0.15) is 0 Å². The average Bonchev–Trinajstić information content (AvgIpc) is 2.42. The van der Waals surface area contributed by atoms with E-state index in [9.17, 15) is 4.79 Å². The highest BCUT2D eigenvalue weighted by molar-refractivity contribution is 9.10. The molecule has 6 nitrogen and oxygen atoms in total. The summed E-state index contributed by atoms with van der Waals surface area (Å²) in [5.74, 6) is 1.73. The molecule has 0 aliphatic carbocycles. The third kappa shape index (κ3) is 5.73. The van der Waals surface area contributed by atoms with Gasteiger partial charge in [-0.15, -0.1) is 0 Å². The van der Waals surface area contributed by atoms with Gasteiger partial charge in [-0.1, -0.05) is 20.8 Å². The molecule has 20 heavy (non-hydrogen) atoms. The summed E-state index contributed by atoms with van der Waals surface area (Å²) in [6.07, 6.45) is 2.48. The minimum Gasteiger partial charge on any atom is -0.369 e. The van der Waals surface area contributed by atoms with Crippen molar-refractivity contribution in [2.45, 2.75) is 27.2 Å². The number of hydrogen-bond acceptors (Lipinski definition) is 5. The maximum Gasteiger partial charge on any atom is 0.239 e. The summed E-state index contributed by atoms with van der Waals surface area (Å²) in [5, 5.41) is 9.04. The van der Waals surface area contributed by atoms with Gasteiger partial charge >= 0.3 is 0 Å². The first-order valence-corrected chi connectivity index (χ1v) is 7.58. The summed E-state index contributed by atoms with van der Waals surface area (Å²) in [5.41, 5.74) is 0. The Morgan fingerprint density at radius 1 is 1.30 bits per heavy atom. The maximum absolute atomic E-state index is 11.6. The normalized spacial score (nSPS) is 10.4. The average molecular weight is 344 g/mol. The number of anilines is 2. The van der Waals surface area contributed by atoms with Crippen LogP contribution in [0.15, 0.2) is 10.8 Å². The first kappa shape index (κ1) is 16.7. The number of nitrogens with zero attached hydrogens (tertiary/aromatic N) is 2. The van der Waals surface area contributed by atoms with Gasteiger partial charge in [-0.3, -0.25) is 4.79 Å². The maximum atomic E-state index is 11.6. The van der Waals surface area contributed by atoms with Crippen LogP contribution >= 0.6 is 15.9 Å². The molecule has 3 N–H and O–H groups in total. The van der Waals surface area contributed by atoms with E-state index in [1.54, 1.807) is 0 Å². The van der Waals surface area contributed by atoms with E-state index in [1.165, 1.54) is 6.33 Å². The molecule has 0 aromatic carbocycles. The first-order chi connectivity index (χ1) is 9.54. The van der Waals surface area contributed by atoms with E-state index < -0.39 is 0 Å². The molecule has 7 heteroatoms. The predicted octanol–water partition coefficient (Wildman–Crippen LogP) is 2.25. The highest BCUT2D eigenvalue weighted by atomic mass is 79.9. The monoisotopic (exact) mass is 343 g/mol. The van der Waals surface area contributed by atoms with Gasteiger partial charge in [-0.25, -0.2) is 9.97 Å². The van der Waals surface area contributed by atoms with Gasteiger partial charge in [0.05, 0.1) is 6.54 Å². The van der Waals surface area contributed by atoms with Crippen LogP contribution in [0.3, 0.4) is 0 Å². The topological polar surface area (TPSA) is 78.9 Å². The van der Waals surface area contributed by atoms with Crippen LogP contribution < -0.4 is 16.0 Å². The van der Waals surface area contributed by atoms with E-state index in [4.69, 9.17) is 0 Å². The lowest BCUT2D eigenvalue weighted by atomic mass is 10.2. The highest BCUT2D eigenvalue weighted by Gasteiger charge is 2.09. The second-order valence-electron chi connectivity index (χ2n) is 4.86. The molecule has 0 fully saturated rings. The third-order valence-electron chi connectivity index (χ3n) is 2.46. The number of carbonyl (C=O) groups excluding carboxylic acids is 1. The Balaban J connectivity index is 2.53. The minimum atomic E-state index is -0.0488. The Hall–Kier alpha value is -1.37. The fourth-order valence-electron chi connectivity index (χ4n) is 1.40. The van der Waals surface area contributed by atoms with Crippen LogP contribution in [0.4, 0.5) is 11.6 Å². The third-order valence-corrected chi connectivity index (χ3v) is 3.21. The van der Waals surface area contributed by atoms with Crippen molar-refractivity contribution in [3.05, 3.63) is 10.8 Å². The summed E-state index contributed by atoms with van der Waals surface area (Å²) in [6, 6.07) is 0. The fourth-order valence-corrected chi connectivity index (χ4v) is 1.89. The molecule has 0 saturated heterocycles. The van der Waals surface area contributed by atoms with Crippen LogP contribution in [0.25, 0.3) is 0 Å². The zero-order chi connectivity index (χ0) is 15.0. The van der Waals surface area contributed by atoms with Gasteiger partial charge in [0, 0.05) is 13.1 Å². The second kappa shape index (κ2) is 8.73. The van der Waals surface area contributed by atoms with Crippen molar-refractivity contribution in [1.82, 2.24) is 15.3 Å². The summed E-state index contributed by atoms with van der Waals surface area (Å²) in [7, 11) is 0. The molecule has 1 aromatic rings. The number of hydrogen-bond donors (Lipinski definition) is 3. The SMILES string of the molecule is CCCNc1ncnc(NCC(=O)NCC(C)C)c1Br. The van der Waals surface area contributed by atoms with Crippen LogP contribution in [0.1, 0.15) is 27.2 Å². The Labute approximate surface area is 128 Å². The van der Waals surface area contributed by atoms with Gasteiger partial charge in [0.15, 0.2) is 0 Å². The van der Waals surface area contributed by atoms with Crippen molar-refractivity contribution >= 4 is 33.5 Å². The van der Waals surface area contributed by atoms with E-state index in [0.29, 0.717) is 18.3 Å². The van der Waals surface area contributed by atoms with E-state index in [2.05, 4.69) is 62.6 Å². The largest absolute Gasteiger partial charge is 0.369 e. The number of aromatic nitrogens is 2. The molecule has 0 aliphatic heterocycles. The molecule has 1 heterocycles. The highest BCUT2D eigenvalue weighted by Crippen LogP contribution is 2.26. The second-order valence-corrected chi connectivity index (χ2v) is 5.66. The van der Waals surface area contributed by atoms with E-state index in [0.717, 1.165) is 23.3 Å². The number of amides is 1. The summed E-state index contributed by atoms with van der Waals surface area (Å²) in [6.45, 7) is 7.90. The van der Waals surface area contributed by atoms with Crippen molar-refractivity contribution in [3.8, 4) is 0 Å². The van der Waals surface area contributed by atoms with Gasteiger partial charge in [0.1, 0.15) is 22.4 Å². The van der Waals surface area contributed by atoms with Gasteiger partial charge < -0.3 is 16.0 Å². The Kier molecular flexibility index (Phi) is 7.28. The number of nitrogens with one attached hydrogen (secondary N) is 3. The quantitative estimate of drug-likeness (QED) is 0.674. The van der Waals surface area contributed by atoms with Crippen molar-refractivity contribution < 1.29 is 4.79 Å². The molecule has 0 radical (unpaired) electrons. The van der Waals surface area contributed by atoms with Crippen molar-refractivity contribution in [3.63, 3.8) is 0 Å². The molecule has 0 aliphatic rings. The van der Waals surface area contributed by atoms with E-state index in [1.807, 2.05) is 0 Å². The smallest absolute Gasteiger partial charge is 0.239 e. The molecule has 1 rings (SSSR count). The molecular formula is C13H22BrN5O. The van der Waals surface area contributed by atoms with Gasteiger partial charge in [-0.05, 0) is 28.3 Å². The van der Waals surface area contributed by atoms with Gasteiger partial charge in [0.2, 0.25) is 5.91 Å². The fraction of sp³-hybridized carbons (Fsp3) is 0.615. The minimum absolute atomic E-state index is 0.0488. The Morgan fingerprint density at radius 2 is 1.95 bits per heavy atom. The lowest BCUT2D eigenvalue weighted by molar-refractivity contribution is -0.119. The Morgan fingerprint density at radius 3 is 2.55 bits per heavy atom. The number of halogens is 1. The molecule has 0 unspecified atom stereocenters. The zero-order valence-electron chi connectivity index (χ0n) is 12.2. The van der Waals surface area contributed by atoms with Crippen molar-refractivity contribution in [2.24, 2.45) is 5.92 Å². The molecular weight excluding hydrogens is 322 g/mol. The number of rotatable bonds is 8. The van der Waals surface area contributed by atoms with Crippen molar-refractivity contribution in [2.75, 3.05) is 30.3 Å². The zero-order valence-corrected chi connectivity index (χ0v) is 13.7. The van der Waals surface area contributed by atoms with Crippen LogP contribution in [0.2, 0.25) is 0 Å². The molecule has 0 bridgehead atoms. The van der Waals surface area contributed by atoms with E-state index >= 15 is 0 Å². The van der Waals surface area contributed by atoms with E-state index in [-0.39, 0.29) is 12.5 Å². The Bertz CT molecular complexity index is 439. The molecule has 0 atom stereocenters. The van der Waals surface area contributed by atoms with Crippen LogP contribution in [0, 0.1) is 5.92 Å². The summed E-state index contributed by atoms with van der Waals surface area (Å²) < 4.78 is 0.741. The molecule has 0 saturated carbocycles. The summed E-state index contributed by atoms with van der Waals surface area (Å²) in [4.78, 5) is 19.9. The molecule has 112 valence electrons. The van der Waals surface area contributed by atoms with Crippen LogP contribution in [-0.2, 0) is 4.79 Å². The number of carbonyl (C=O) groups is 1. The molecule has 0 spiro atoms. The first-order valence-electron chi connectivity index (χ1n) is 6.79. The lowest BCUT2D eigenvalue weighted by Crippen LogP contribution is -2.32. The van der Waals surface area contributed by atoms with Gasteiger partial charge in [0.25, 0.3) is 0 Å². The summed E-state index contributed by atoms with van der Waals surface area (Å²) >= 11 is 3.44. The van der Waals surface area contributed by atoms with Crippen LogP contribution in [-0.4, -0.2) is 35.5 Å². The van der Waals surface area contributed by atoms with Crippen LogP contribution in [0.5, 0.6) is 0 Å².